The molecule has 0 atom stereocenters. The van der Waals surface area contributed by atoms with Crippen molar-refractivity contribution in [1.82, 2.24) is 0 Å². The van der Waals surface area contributed by atoms with Gasteiger partial charge in [0.2, 0.25) is 0 Å². The minimum atomic E-state index is -4.73. The molecular weight excluding hydrogens is 418 g/mol. The first-order valence-corrected chi connectivity index (χ1v) is 9.67. The molecule has 0 spiro atoms. The molecule has 0 amide bonds. The summed E-state index contributed by atoms with van der Waals surface area (Å²) in [6, 6.07) is 7.02. The van der Waals surface area contributed by atoms with Gasteiger partial charge in [0, 0.05) is 23.0 Å². The van der Waals surface area contributed by atoms with Crippen LogP contribution in [-0.4, -0.2) is 23.4 Å². The quantitative estimate of drug-likeness (QED) is 0.518. The van der Waals surface area contributed by atoms with Gasteiger partial charge < -0.3 is 10.2 Å². The minimum absolute atomic E-state index is 0.171. The van der Waals surface area contributed by atoms with Crippen LogP contribution in [0.15, 0.2) is 46.2 Å². The van der Waals surface area contributed by atoms with Crippen LogP contribution in [-0.2, 0) is 25.2 Å². The first-order valence-electron chi connectivity index (χ1n) is 8.86. The topological polar surface area (TPSA) is 40.5 Å². The highest BCUT2D eigenvalue weighted by molar-refractivity contribution is 7.99. The van der Waals surface area contributed by atoms with E-state index in [-0.39, 0.29) is 48.7 Å². The maximum absolute atomic E-state index is 13.5. The lowest BCUT2D eigenvalue weighted by molar-refractivity contribution is -0.140. The monoisotopic (exact) mass is 438 g/mol. The normalized spacial score (nSPS) is 12.4. The minimum Gasteiger partial charge on any atom is -0.396 e. The average molecular weight is 438 g/mol. The second kappa shape index (κ2) is 9.86. The lowest BCUT2D eigenvalue weighted by Gasteiger charge is -2.17. The summed E-state index contributed by atoms with van der Waals surface area (Å²) < 4.78 is 80.9. The van der Waals surface area contributed by atoms with E-state index in [4.69, 9.17) is 10.2 Å². The number of aliphatic hydroxyl groups is 2. The SMILES string of the molecule is OCCCc1ccc(Sc2ccc(CCCO)cc2C(F)(F)F)c(C(F)(F)F)c1. The molecule has 2 nitrogen and oxygen atoms in total. The number of halogens is 6. The lowest BCUT2D eigenvalue weighted by Crippen LogP contribution is -2.10. The molecule has 2 N–H and O–H groups in total. The third-order valence-corrected chi connectivity index (χ3v) is 5.32. The Morgan fingerprint density at radius 3 is 1.34 bits per heavy atom. The molecule has 0 saturated carbocycles. The van der Waals surface area contributed by atoms with Crippen LogP contribution in [0.25, 0.3) is 0 Å². The van der Waals surface area contributed by atoms with Crippen LogP contribution < -0.4 is 0 Å². The van der Waals surface area contributed by atoms with Gasteiger partial charge in [-0.3, -0.25) is 0 Å². The van der Waals surface area contributed by atoms with Gasteiger partial charge in [-0.25, -0.2) is 0 Å². The number of aliphatic hydroxyl groups excluding tert-OH is 2. The van der Waals surface area contributed by atoms with Gasteiger partial charge in [-0.2, -0.15) is 26.3 Å². The van der Waals surface area contributed by atoms with Crippen LogP contribution in [0.2, 0.25) is 0 Å². The number of aryl methyl sites for hydroxylation is 2. The van der Waals surface area contributed by atoms with Gasteiger partial charge in [-0.05, 0) is 61.1 Å². The predicted molar refractivity (Wildman–Crippen MR) is 97.8 cm³/mol. The summed E-state index contributed by atoms with van der Waals surface area (Å²) >= 11 is 0.421. The van der Waals surface area contributed by atoms with Gasteiger partial charge in [-0.15, -0.1) is 0 Å². The molecule has 0 saturated heterocycles. The Balaban J connectivity index is 2.44. The lowest BCUT2D eigenvalue weighted by atomic mass is 10.1. The fourth-order valence-corrected chi connectivity index (χ4v) is 3.85. The molecule has 0 radical (unpaired) electrons. The zero-order valence-corrected chi connectivity index (χ0v) is 16.1. The van der Waals surface area contributed by atoms with Gasteiger partial charge in [0.1, 0.15) is 0 Å². The Bertz CT molecular complexity index is 750. The summed E-state index contributed by atoms with van der Waals surface area (Å²) in [5, 5.41) is 17.7. The standard InChI is InChI=1S/C20H20F6O2S/c21-19(22,23)15-11-13(3-1-9-27)5-7-17(15)29-18-8-6-14(4-2-10-28)12-16(18)20(24,25)26/h5-8,11-12,27-28H,1-4,9-10H2. The molecule has 29 heavy (non-hydrogen) atoms. The Morgan fingerprint density at radius 2 is 1.03 bits per heavy atom. The van der Waals surface area contributed by atoms with Crippen LogP contribution in [0.4, 0.5) is 26.3 Å². The van der Waals surface area contributed by atoms with Crippen molar-refractivity contribution in [1.29, 1.82) is 0 Å². The molecule has 2 aromatic rings. The van der Waals surface area contributed by atoms with E-state index < -0.39 is 23.5 Å². The van der Waals surface area contributed by atoms with E-state index in [2.05, 4.69) is 0 Å². The van der Waals surface area contributed by atoms with Crippen molar-refractivity contribution in [3.63, 3.8) is 0 Å². The van der Waals surface area contributed by atoms with Crippen LogP contribution in [0.1, 0.15) is 35.1 Å². The van der Waals surface area contributed by atoms with Crippen molar-refractivity contribution in [3.05, 3.63) is 58.7 Å². The van der Waals surface area contributed by atoms with E-state index >= 15 is 0 Å². The summed E-state index contributed by atoms with van der Waals surface area (Å²) in [7, 11) is 0. The molecular formula is C20H20F6O2S. The predicted octanol–water partition coefficient (Wildman–Crippen LogP) is 5.73. The van der Waals surface area contributed by atoms with Crippen LogP contribution in [0.3, 0.4) is 0 Å². The molecule has 9 heteroatoms. The van der Waals surface area contributed by atoms with Crippen molar-refractivity contribution in [2.75, 3.05) is 13.2 Å². The smallest absolute Gasteiger partial charge is 0.396 e. The van der Waals surface area contributed by atoms with E-state index in [1.807, 2.05) is 0 Å². The summed E-state index contributed by atoms with van der Waals surface area (Å²) in [5.74, 6) is 0. The molecule has 0 aliphatic heterocycles. The largest absolute Gasteiger partial charge is 0.417 e. The first kappa shape index (κ1) is 23.6. The second-order valence-corrected chi connectivity index (χ2v) is 7.50. The molecule has 0 fully saturated rings. The Kier molecular flexibility index (Phi) is 8.02. The van der Waals surface area contributed by atoms with Crippen molar-refractivity contribution < 1.29 is 36.6 Å². The van der Waals surface area contributed by atoms with Gasteiger partial charge in [0.25, 0.3) is 0 Å². The van der Waals surface area contributed by atoms with Crippen molar-refractivity contribution >= 4 is 11.8 Å². The number of hydrogen-bond donors (Lipinski definition) is 2. The Hall–Kier alpha value is -1.71. The van der Waals surface area contributed by atoms with Gasteiger partial charge in [0.05, 0.1) is 11.1 Å². The molecule has 0 bridgehead atoms. The number of hydrogen-bond acceptors (Lipinski definition) is 3. The van der Waals surface area contributed by atoms with Crippen molar-refractivity contribution in [2.24, 2.45) is 0 Å². The van der Waals surface area contributed by atoms with Crippen LogP contribution >= 0.6 is 11.8 Å². The molecule has 0 aromatic heterocycles. The first-order chi connectivity index (χ1) is 13.6. The molecule has 0 heterocycles. The molecule has 0 aliphatic rings. The van der Waals surface area contributed by atoms with Crippen molar-refractivity contribution in [3.8, 4) is 0 Å². The van der Waals surface area contributed by atoms with Gasteiger partial charge >= 0.3 is 12.4 Å². The van der Waals surface area contributed by atoms with Crippen LogP contribution in [0.5, 0.6) is 0 Å². The molecule has 160 valence electrons. The summed E-state index contributed by atoms with van der Waals surface area (Å²) in [6.45, 7) is -0.342. The maximum atomic E-state index is 13.5. The average Bonchev–Trinajstić information content (AvgIpc) is 2.64. The van der Waals surface area contributed by atoms with E-state index in [1.165, 1.54) is 24.3 Å². The van der Waals surface area contributed by atoms with E-state index in [9.17, 15) is 26.3 Å². The van der Waals surface area contributed by atoms with E-state index in [0.29, 0.717) is 22.9 Å². The second-order valence-electron chi connectivity index (χ2n) is 6.41. The summed E-state index contributed by atoms with van der Waals surface area (Å²) in [6.07, 6.45) is -8.40. The summed E-state index contributed by atoms with van der Waals surface area (Å²) in [4.78, 5) is -0.641. The zero-order valence-electron chi connectivity index (χ0n) is 15.3. The van der Waals surface area contributed by atoms with Crippen molar-refractivity contribution in [2.45, 2.75) is 47.8 Å². The fourth-order valence-electron chi connectivity index (χ4n) is 2.77. The Morgan fingerprint density at radius 1 is 0.655 bits per heavy atom. The molecule has 0 aliphatic carbocycles. The van der Waals surface area contributed by atoms with Crippen LogP contribution in [0, 0.1) is 0 Å². The van der Waals surface area contributed by atoms with E-state index in [1.54, 1.807) is 0 Å². The number of rotatable bonds is 8. The van der Waals surface area contributed by atoms with E-state index in [0.717, 1.165) is 12.1 Å². The third kappa shape index (κ3) is 6.65. The third-order valence-electron chi connectivity index (χ3n) is 4.17. The highest BCUT2D eigenvalue weighted by Crippen LogP contribution is 2.44. The highest BCUT2D eigenvalue weighted by Gasteiger charge is 2.37. The summed E-state index contributed by atoms with van der Waals surface area (Å²) in [5.41, 5.74) is -1.30. The number of benzene rings is 2. The highest BCUT2D eigenvalue weighted by atomic mass is 32.2. The maximum Gasteiger partial charge on any atom is 0.417 e. The fraction of sp³-hybridized carbons (Fsp3) is 0.400. The number of alkyl halides is 6. The Labute approximate surface area is 168 Å². The molecule has 2 aromatic carbocycles. The molecule has 0 unspecified atom stereocenters. The molecule has 2 rings (SSSR count). The zero-order chi connectivity index (χ0) is 21.7. The van der Waals surface area contributed by atoms with Gasteiger partial charge in [0.15, 0.2) is 0 Å². The van der Waals surface area contributed by atoms with Gasteiger partial charge in [-0.1, -0.05) is 23.9 Å².